The van der Waals surface area contributed by atoms with Gasteiger partial charge in [0.25, 0.3) is 5.91 Å². The van der Waals surface area contributed by atoms with Crippen molar-refractivity contribution in [1.82, 2.24) is 19.9 Å². The molecular weight excluding hydrogens is 524 g/mol. The molecule has 1 aromatic carbocycles. The van der Waals surface area contributed by atoms with Crippen molar-refractivity contribution >= 4 is 29.2 Å². The van der Waals surface area contributed by atoms with Crippen molar-refractivity contribution in [2.75, 3.05) is 55.3 Å². The number of nitrogens with two attached hydrogens (primary N) is 2. The van der Waals surface area contributed by atoms with E-state index in [1.54, 1.807) is 23.5 Å². The van der Waals surface area contributed by atoms with Crippen molar-refractivity contribution in [1.29, 1.82) is 0 Å². The number of pyridine rings is 1. The quantitative estimate of drug-likeness (QED) is 0.423. The summed E-state index contributed by atoms with van der Waals surface area (Å²) in [6.45, 7) is 8.91. The number of ether oxygens (including phenoxy) is 2. The van der Waals surface area contributed by atoms with Gasteiger partial charge in [-0.05, 0) is 50.5 Å². The molecule has 2 aliphatic rings. The number of carbonyl (C=O) groups is 2. The fraction of sp³-hybridized carbons (Fsp3) is 0.414. The summed E-state index contributed by atoms with van der Waals surface area (Å²) in [5.74, 6) is -0.453. The molecule has 4 heterocycles. The summed E-state index contributed by atoms with van der Waals surface area (Å²) in [5.41, 5.74) is 16.3. The molecule has 0 bridgehead atoms. The van der Waals surface area contributed by atoms with E-state index in [0.29, 0.717) is 50.7 Å². The number of morpholine rings is 1. The number of nitrogens with zero attached hydrogens (tertiary/aromatic N) is 5. The molecule has 216 valence electrons. The van der Waals surface area contributed by atoms with Gasteiger partial charge in [0.05, 0.1) is 48.7 Å². The van der Waals surface area contributed by atoms with Crippen LogP contribution in [0, 0.1) is 0 Å². The lowest BCUT2D eigenvalue weighted by molar-refractivity contribution is 0.0149. The van der Waals surface area contributed by atoms with E-state index in [2.05, 4.69) is 25.2 Å². The molecule has 12 heteroatoms. The molecule has 2 amide bonds. The summed E-state index contributed by atoms with van der Waals surface area (Å²) < 4.78 is 11.1. The van der Waals surface area contributed by atoms with Gasteiger partial charge in [-0.3, -0.25) is 14.7 Å². The van der Waals surface area contributed by atoms with E-state index in [4.69, 9.17) is 20.9 Å². The first-order valence-corrected chi connectivity index (χ1v) is 13.7. The van der Waals surface area contributed by atoms with Gasteiger partial charge in [0, 0.05) is 37.9 Å². The second kappa shape index (κ2) is 11.7. The minimum atomic E-state index is -0.598. The lowest BCUT2D eigenvalue weighted by atomic mass is 9.90. The Hall–Kier alpha value is -4.29. The summed E-state index contributed by atoms with van der Waals surface area (Å²) in [6, 6.07) is 7.39. The Bertz CT molecular complexity index is 1430. The third kappa shape index (κ3) is 6.23. The predicted molar refractivity (Wildman–Crippen MR) is 156 cm³/mol. The van der Waals surface area contributed by atoms with Crippen LogP contribution >= 0.6 is 0 Å². The second-order valence-electron chi connectivity index (χ2n) is 11.0. The van der Waals surface area contributed by atoms with E-state index >= 15 is 0 Å². The zero-order chi connectivity index (χ0) is 29.1. The average Bonchev–Trinajstić information content (AvgIpc) is 2.96. The molecule has 2 aromatic heterocycles. The van der Waals surface area contributed by atoms with Crippen molar-refractivity contribution in [2.24, 2.45) is 5.73 Å². The standard InChI is InChI=1S/C29H36N8O4/c1-29(2,3)41-28(39)37-9-7-18-14-19(4-5-20(18)24(37)15-30)21-17-33-26(31)25(34-21)27(38)35-22-16-32-8-6-23(22)36-10-12-40-13-11-36/h4-6,8,14,16-17,24H,7,9-13,15,30H2,1-3H3,(H2,31,33)(H,35,38). The number of aromatic nitrogens is 3. The van der Waals surface area contributed by atoms with Crippen LogP contribution in [0.15, 0.2) is 42.9 Å². The van der Waals surface area contributed by atoms with Gasteiger partial charge < -0.3 is 31.2 Å². The van der Waals surface area contributed by atoms with Gasteiger partial charge in [-0.1, -0.05) is 12.1 Å². The zero-order valence-electron chi connectivity index (χ0n) is 23.6. The number of fused-ring (bicyclic) bond motifs is 1. The molecule has 0 radical (unpaired) electrons. The number of rotatable bonds is 5. The van der Waals surface area contributed by atoms with E-state index in [9.17, 15) is 9.59 Å². The molecule has 1 saturated heterocycles. The number of hydrogen-bond acceptors (Lipinski definition) is 10. The number of anilines is 3. The van der Waals surface area contributed by atoms with Crippen molar-refractivity contribution in [3.63, 3.8) is 0 Å². The number of carbonyl (C=O) groups excluding carboxylic acids is 2. The molecule has 0 saturated carbocycles. The molecule has 5 rings (SSSR count). The van der Waals surface area contributed by atoms with Crippen LogP contribution in [0.5, 0.6) is 0 Å². The number of amides is 2. The topological polar surface area (TPSA) is 162 Å². The molecule has 1 atom stereocenters. The first-order chi connectivity index (χ1) is 19.6. The first-order valence-electron chi connectivity index (χ1n) is 13.7. The maximum Gasteiger partial charge on any atom is 0.410 e. The van der Waals surface area contributed by atoms with Gasteiger partial charge in [0.15, 0.2) is 11.5 Å². The molecule has 3 aromatic rings. The summed E-state index contributed by atoms with van der Waals surface area (Å²) in [4.78, 5) is 43.0. The van der Waals surface area contributed by atoms with Crippen molar-refractivity contribution < 1.29 is 19.1 Å². The number of hydrogen-bond donors (Lipinski definition) is 3. The van der Waals surface area contributed by atoms with E-state index in [1.165, 1.54) is 0 Å². The summed E-state index contributed by atoms with van der Waals surface area (Å²) in [6.07, 6.45) is 5.09. The normalized spacial score (nSPS) is 17.1. The van der Waals surface area contributed by atoms with Crippen LogP contribution in [-0.4, -0.2) is 76.8 Å². The third-order valence-electron chi connectivity index (χ3n) is 7.06. The minimum absolute atomic E-state index is 0.0212. The highest BCUT2D eigenvalue weighted by Crippen LogP contribution is 2.33. The number of nitrogen functional groups attached to an aromatic ring is 1. The lowest BCUT2D eigenvalue weighted by Crippen LogP contribution is -2.45. The Kier molecular flexibility index (Phi) is 8.04. The van der Waals surface area contributed by atoms with Gasteiger partial charge >= 0.3 is 6.09 Å². The van der Waals surface area contributed by atoms with Crippen molar-refractivity contribution in [3.8, 4) is 11.3 Å². The highest BCUT2D eigenvalue weighted by Gasteiger charge is 2.33. The molecule has 0 spiro atoms. The summed E-state index contributed by atoms with van der Waals surface area (Å²) in [7, 11) is 0. The monoisotopic (exact) mass is 560 g/mol. The molecule has 0 aliphatic carbocycles. The Morgan fingerprint density at radius 2 is 1.93 bits per heavy atom. The maximum absolute atomic E-state index is 13.3. The Balaban J connectivity index is 1.38. The zero-order valence-corrected chi connectivity index (χ0v) is 23.6. The Morgan fingerprint density at radius 3 is 2.66 bits per heavy atom. The van der Waals surface area contributed by atoms with Crippen molar-refractivity contribution in [2.45, 2.75) is 38.8 Å². The van der Waals surface area contributed by atoms with Crippen LogP contribution in [0.4, 0.5) is 22.0 Å². The highest BCUT2D eigenvalue weighted by molar-refractivity contribution is 6.07. The van der Waals surface area contributed by atoms with Gasteiger partial charge in [-0.25, -0.2) is 14.8 Å². The van der Waals surface area contributed by atoms with E-state index in [-0.39, 0.29) is 30.2 Å². The Labute approximate surface area is 239 Å². The lowest BCUT2D eigenvalue weighted by Gasteiger charge is -2.37. The molecule has 5 N–H and O–H groups in total. The van der Waals surface area contributed by atoms with Gasteiger partial charge in [-0.2, -0.15) is 0 Å². The fourth-order valence-corrected chi connectivity index (χ4v) is 5.11. The molecular formula is C29H36N8O4. The van der Waals surface area contributed by atoms with Crippen LogP contribution in [0.3, 0.4) is 0 Å². The number of benzene rings is 1. The first kappa shape index (κ1) is 28.2. The van der Waals surface area contributed by atoms with E-state index in [0.717, 1.165) is 22.4 Å². The van der Waals surface area contributed by atoms with Crippen LogP contribution < -0.4 is 21.7 Å². The van der Waals surface area contributed by atoms with Crippen LogP contribution in [0.2, 0.25) is 0 Å². The van der Waals surface area contributed by atoms with E-state index < -0.39 is 11.5 Å². The smallest absolute Gasteiger partial charge is 0.410 e. The molecule has 1 fully saturated rings. The van der Waals surface area contributed by atoms with Crippen LogP contribution in [0.25, 0.3) is 11.3 Å². The molecule has 1 unspecified atom stereocenters. The second-order valence-corrected chi connectivity index (χ2v) is 11.0. The summed E-state index contributed by atoms with van der Waals surface area (Å²) >= 11 is 0. The molecule has 41 heavy (non-hydrogen) atoms. The van der Waals surface area contributed by atoms with E-state index in [1.807, 2.05) is 45.0 Å². The van der Waals surface area contributed by atoms with Gasteiger partial charge in [0.1, 0.15) is 5.60 Å². The van der Waals surface area contributed by atoms with Gasteiger partial charge in [-0.15, -0.1) is 0 Å². The van der Waals surface area contributed by atoms with Crippen LogP contribution in [0.1, 0.15) is 48.4 Å². The predicted octanol–water partition coefficient (Wildman–Crippen LogP) is 3.00. The Morgan fingerprint density at radius 1 is 1.15 bits per heavy atom. The average molecular weight is 561 g/mol. The SMILES string of the molecule is CC(C)(C)OC(=O)N1CCc2cc(-c3cnc(N)c(C(=O)Nc4cnccc4N4CCOCC4)n3)ccc2C1CN. The minimum Gasteiger partial charge on any atom is -0.444 e. The number of nitrogens with one attached hydrogen (secondary N) is 1. The highest BCUT2D eigenvalue weighted by atomic mass is 16.6. The largest absolute Gasteiger partial charge is 0.444 e. The van der Waals surface area contributed by atoms with Crippen molar-refractivity contribution in [3.05, 3.63) is 59.7 Å². The van der Waals surface area contributed by atoms with Gasteiger partial charge in [0.2, 0.25) is 0 Å². The maximum atomic E-state index is 13.3. The van der Waals surface area contributed by atoms with Crippen LogP contribution in [-0.2, 0) is 15.9 Å². The molecule has 12 nitrogen and oxygen atoms in total. The fourth-order valence-electron chi connectivity index (χ4n) is 5.11. The summed E-state index contributed by atoms with van der Waals surface area (Å²) in [5, 5.41) is 2.91. The molecule has 2 aliphatic heterocycles. The third-order valence-corrected chi connectivity index (χ3v) is 7.06.